The van der Waals surface area contributed by atoms with Crippen LogP contribution in [0.5, 0.6) is 0 Å². The zero-order chi connectivity index (χ0) is 17.3. The average Bonchev–Trinajstić information content (AvgIpc) is 2.43. The fraction of sp³-hybridized carbons (Fsp3) is 0.500. The van der Waals surface area contributed by atoms with Crippen molar-refractivity contribution in [2.75, 3.05) is 24.2 Å². The molecule has 0 aromatic heterocycles. The van der Waals surface area contributed by atoms with Gasteiger partial charge in [0.05, 0.1) is 5.75 Å². The minimum absolute atomic E-state index is 0.249. The van der Waals surface area contributed by atoms with Crippen molar-refractivity contribution in [2.45, 2.75) is 37.7 Å². The van der Waals surface area contributed by atoms with Crippen molar-refractivity contribution in [2.24, 2.45) is 5.73 Å². The molecule has 0 heterocycles. The van der Waals surface area contributed by atoms with Crippen molar-refractivity contribution in [3.63, 3.8) is 0 Å². The first-order valence-electron chi connectivity index (χ1n) is 7.49. The van der Waals surface area contributed by atoms with Gasteiger partial charge in [0.25, 0.3) is 0 Å². The predicted molar refractivity (Wildman–Crippen MR) is 93.7 cm³/mol. The first-order valence-corrected chi connectivity index (χ1v) is 8.47. The normalized spacial score (nSPS) is 10.9. The van der Waals surface area contributed by atoms with Crippen molar-refractivity contribution in [3.8, 4) is 0 Å². The van der Waals surface area contributed by atoms with Gasteiger partial charge in [-0.25, -0.2) is 4.79 Å². The Morgan fingerprint density at radius 3 is 2.57 bits per heavy atom. The number of hydrogen-bond donors (Lipinski definition) is 3. The van der Waals surface area contributed by atoms with Crippen molar-refractivity contribution < 1.29 is 14.3 Å². The van der Waals surface area contributed by atoms with Crippen LogP contribution in [0, 0.1) is 0 Å². The number of primary amides is 1. The first-order chi connectivity index (χ1) is 10.8. The lowest BCUT2D eigenvalue weighted by molar-refractivity contribution is -0.115. The standard InChI is InChI=1S/C16H25N3O3S/c1-16(2,3)22-15(21)19-10-6-9-18-12-7-4-5-8-13(12)23-11-14(17)20/h4-5,7-8,18H,6,9-11H2,1-3H3,(H2,17,20)(H,19,21). The Bertz CT molecular complexity index is 530. The number of nitrogens with two attached hydrogens (primary N) is 1. The van der Waals surface area contributed by atoms with Gasteiger partial charge < -0.3 is 21.1 Å². The van der Waals surface area contributed by atoms with Crippen LogP contribution in [0.25, 0.3) is 0 Å². The molecule has 0 spiro atoms. The third kappa shape index (κ3) is 8.97. The van der Waals surface area contributed by atoms with E-state index in [9.17, 15) is 9.59 Å². The second kappa shape index (κ2) is 9.29. The van der Waals surface area contributed by atoms with Crippen molar-refractivity contribution in [3.05, 3.63) is 24.3 Å². The van der Waals surface area contributed by atoms with Crippen molar-refractivity contribution in [1.82, 2.24) is 5.32 Å². The number of nitrogens with one attached hydrogen (secondary N) is 2. The van der Waals surface area contributed by atoms with E-state index in [0.29, 0.717) is 13.1 Å². The van der Waals surface area contributed by atoms with Gasteiger partial charge in [-0.1, -0.05) is 12.1 Å². The van der Waals surface area contributed by atoms with Crippen LogP contribution in [0.1, 0.15) is 27.2 Å². The van der Waals surface area contributed by atoms with Gasteiger partial charge in [-0.2, -0.15) is 0 Å². The highest BCUT2D eigenvalue weighted by Gasteiger charge is 2.15. The molecule has 0 fully saturated rings. The Morgan fingerprint density at radius 1 is 1.22 bits per heavy atom. The summed E-state index contributed by atoms with van der Waals surface area (Å²) in [4.78, 5) is 23.3. The molecule has 7 heteroatoms. The van der Waals surface area contributed by atoms with Crippen molar-refractivity contribution in [1.29, 1.82) is 0 Å². The third-order valence-corrected chi connectivity index (χ3v) is 3.69. The molecule has 0 aliphatic heterocycles. The third-order valence-electron chi connectivity index (χ3n) is 2.59. The van der Waals surface area contributed by atoms with Gasteiger partial charge in [-0.05, 0) is 39.3 Å². The monoisotopic (exact) mass is 339 g/mol. The van der Waals surface area contributed by atoms with Crippen LogP contribution in [0.2, 0.25) is 0 Å². The zero-order valence-electron chi connectivity index (χ0n) is 13.8. The Hall–Kier alpha value is -1.89. The molecule has 0 saturated carbocycles. The molecule has 0 aliphatic carbocycles. The largest absolute Gasteiger partial charge is 0.444 e. The molecule has 0 aliphatic rings. The summed E-state index contributed by atoms with van der Waals surface area (Å²) in [7, 11) is 0. The van der Waals surface area contributed by atoms with E-state index in [0.717, 1.165) is 17.0 Å². The fourth-order valence-corrected chi connectivity index (χ4v) is 2.47. The SMILES string of the molecule is CC(C)(C)OC(=O)NCCCNc1ccccc1SCC(N)=O. The quantitative estimate of drug-likeness (QED) is 0.500. The zero-order valence-corrected chi connectivity index (χ0v) is 14.7. The highest BCUT2D eigenvalue weighted by Crippen LogP contribution is 2.26. The molecule has 128 valence electrons. The van der Waals surface area contributed by atoms with Gasteiger partial charge in [0.15, 0.2) is 0 Å². The number of anilines is 1. The van der Waals surface area contributed by atoms with Crippen LogP contribution in [0.15, 0.2) is 29.2 Å². The van der Waals surface area contributed by atoms with E-state index in [1.165, 1.54) is 11.8 Å². The maximum absolute atomic E-state index is 11.5. The molecule has 6 nitrogen and oxygen atoms in total. The number of benzene rings is 1. The molecular formula is C16H25N3O3S. The first kappa shape index (κ1) is 19.2. The molecule has 1 aromatic rings. The van der Waals surface area contributed by atoms with Crippen LogP contribution >= 0.6 is 11.8 Å². The number of carbonyl (C=O) groups excluding carboxylic acids is 2. The lowest BCUT2D eigenvalue weighted by Gasteiger charge is -2.19. The van der Waals surface area contributed by atoms with Crippen LogP contribution in [0.3, 0.4) is 0 Å². The van der Waals surface area contributed by atoms with E-state index < -0.39 is 11.7 Å². The maximum Gasteiger partial charge on any atom is 0.407 e. The van der Waals surface area contributed by atoms with E-state index in [1.54, 1.807) is 0 Å². The van der Waals surface area contributed by atoms with Crippen LogP contribution in [0.4, 0.5) is 10.5 Å². The molecule has 2 amide bonds. The lowest BCUT2D eigenvalue weighted by atomic mass is 10.2. The smallest absolute Gasteiger partial charge is 0.407 e. The molecule has 0 radical (unpaired) electrons. The van der Waals surface area contributed by atoms with E-state index in [-0.39, 0.29) is 11.7 Å². The maximum atomic E-state index is 11.5. The van der Waals surface area contributed by atoms with Gasteiger partial charge in [0.2, 0.25) is 5.91 Å². The second-order valence-electron chi connectivity index (χ2n) is 5.96. The average molecular weight is 339 g/mol. The summed E-state index contributed by atoms with van der Waals surface area (Å²) < 4.78 is 5.16. The van der Waals surface area contributed by atoms with E-state index in [4.69, 9.17) is 10.5 Å². The molecule has 4 N–H and O–H groups in total. The van der Waals surface area contributed by atoms with E-state index in [1.807, 2.05) is 45.0 Å². The molecule has 0 unspecified atom stereocenters. The minimum Gasteiger partial charge on any atom is -0.444 e. The van der Waals surface area contributed by atoms with Gasteiger partial charge in [-0.3, -0.25) is 4.79 Å². The number of alkyl carbamates (subject to hydrolysis) is 1. The highest BCUT2D eigenvalue weighted by atomic mass is 32.2. The summed E-state index contributed by atoms with van der Waals surface area (Å²) >= 11 is 1.40. The van der Waals surface area contributed by atoms with E-state index >= 15 is 0 Å². The number of rotatable bonds is 8. The summed E-state index contributed by atoms with van der Waals surface area (Å²) in [6.45, 7) is 6.71. The predicted octanol–water partition coefficient (Wildman–Crippen LogP) is 2.59. The molecule has 0 atom stereocenters. The summed E-state index contributed by atoms with van der Waals surface area (Å²) in [6.07, 6.45) is 0.351. The second-order valence-corrected chi connectivity index (χ2v) is 6.98. The molecule has 1 aromatic carbocycles. The van der Waals surface area contributed by atoms with Gasteiger partial charge in [0.1, 0.15) is 5.60 Å². The van der Waals surface area contributed by atoms with Crippen LogP contribution in [-0.4, -0.2) is 36.4 Å². The molecule has 1 rings (SSSR count). The lowest BCUT2D eigenvalue weighted by Crippen LogP contribution is -2.33. The number of hydrogen-bond acceptors (Lipinski definition) is 5. The topological polar surface area (TPSA) is 93.4 Å². The number of ether oxygens (including phenoxy) is 1. The number of thioether (sulfide) groups is 1. The summed E-state index contributed by atoms with van der Waals surface area (Å²) in [5.41, 5.74) is 5.64. The van der Waals surface area contributed by atoms with E-state index in [2.05, 4.69) is 10.6 Å². The molecule has 0 bridgehead atoms. The number of para-hydroxylation sites is 1. The van der Waals surface area contributed by atoms with Crippen LogP contribution in [-0.2, 0) is 9.53 Å². The van der Waals surface area contributed by atoms with Gasteiger partial charge in [-0.15, -0.1) is 11.8 Å². The molecule has 23 heavy (non-hydrogen) atoms. The van der Waals surface area contributed by atoms with Gasteiger partial charge in [0, 0.05) is 23.7 Å². The number of amides is 2. The molecule has 0 saturated heterocycles. The van der Waals surface area contributed by atoms with Crippen molar-refractivity contribution >= 4 is 29.4 Å². The Kier molecular flexibility index (Phi) is 7.74. The van der Waals surface area contributed by atoms with Gasteiger partial charge >= 0.3 is 6.09 Å². The minimum atomic E-state index is -0.487. The summed E-state index contributed by atoms with van der Waals surface area (Å²) in [5, 5.41) is 6.01. The summed E-state index contributed by atoms with van der Waals surface area (Å²) in [6, 6.07) is 7.73. The number of carbonyl (C=O) groups is 2. The highest BCUT2D eigenvalue weighted by molar-refractivity contribution is 8.00. The van der Waals surface area contributed by atoms with Crippen LogP contribution < -0.4 is 16.4 Å². The fourth-order valence-electron chi connectivity index (χ4n) is 1.70. The Balaban J connectivity index is 2.31. The summed E-state index contributed by atoms with van der Waals surface area (Å²) in [5.74, 6) is -0.0924. The Labute approximate surface area is 141 Å². The Morgan fingerprint density at radius 2 is 1.91 bits per heavy atom. The molecular weight excluding hydrogens is 314 g/mol.